The van der Waals surface area contributed by atoms with Crippen molar-refractivity contribution in [1.29, 1.82) is 0 Å². The summed E-state index contributed by atoms with van der Waals surface area (Å²) in [4.78, 5) is 11.8. The minimum atomic E-state index is -0.288. The zero-order valence-electron chi connectivity index (χ0n) is 11.0. The van der Waals surface area contributed by atoms with E-state index in [1.165, 1.54) is 0 Å². The molecule has 20 heavy (non-hydrogen) atoms. The van der Waals surface area contributed by atoms with E-state index >= 15 is 0 Å². The Labute approximate surface area is 126 Å². The average Bonchev–Trinajstić information content (AvgIpc) is 2.64. The number of aromatic nitrogens is 2. The summed E-state index contributed by atoms with van der Waals surface area (Å²) in [6.07, 6.45) is 0. The van der Waals surface area contributed by atoms with Crippen LogP contribution in [0.15, 0.2) is 24.3 Å². The van der Waals surface area contributed by atoms with Crippen molar-refractivity contribution in [2.24, 2.45) is 7.05 Å². The van der Waals surface area contributed by atoms with Gasteiger partial charge in [0.2, 0.25) is 0 Å². The Hall–Kier alpha value is -1.72. The maximum atomic E-state index is 11.8. The van der Waals surface area contributed by atoms with Crippen molar-refractivity contribution < 1.29 is 9.53 Å². The molecule has 2 aromatic rings. The lowest BCUT2D eigenvalue weighted by atomic mass is 10.3. The quantitative estimate of drug-likeness (QED) is 0.943. The van der Waals surface area contributed by atoms with E-state index < -0.39 is 0 Å². The van der Waals surface area contributed by atoms with Crippen molar-refractivity contribution in [2.75, 3.05) is 11.9 Å². The summed E-state index contributed by atoms with van der Waals surface area (Å²) < 4.78 is 6.92. The molecular formula is C13H13Cl2N3O2. The van der Waals surface area contributed by atoms with E-state index in [4.69, 9.17) is 27.9 Å². The SMILES string of the molecule is Cc1cc(NC(=O)COc2cc(Cl)cc(Cl)c2)n(C)n1. The number of nitrogens with one attached hydrogen (secondary N) is 1. The fourth-order valence-electron chi connectivity index (χ4n) is 1.67. The van der Waals surface area contributed by atoms with Gasteiger partial charge in [-0.25, -0.2) is 0 Å². The van der Waals surface area contributed by atoms with Crippen molar-refractivity contribution in [3.63, 3.8) is 0 Å². The summed E-state index contributed by atoms with van der Waals surface area (Å²) in [6.45, 7) is 1.71. The van der Waals surface area contributed by atoms with Gasteiger partial charge in [-0.1, -0.05) is 23.2 Å². The number of anilines is 1. The predicted octanol–water partition coefficient (Wildman–Crippen LogP) is 3.05. The Kier molecular flexibility index (Phi) is 4.52. The summed E-state index contributed by atoms with van der Waals surface area (Å²) in [5.41, 5.74) is 0.824. The molecule has 0 bridgehead atoms. The van der Waals surface area contributed by atoms with E-state index in [2.05, 4.69) is 10.4 Å². The molecule has 106 valence electrons. The van der Waals surface area contributed by atoms with Crippen LogP contribution in [-0.4, -0.2) is 22.3 Å². The zero-order chi connectivity index (χ0) is 14.7. The van der Waals surface area contributed by atoms with E-state index in [0.717, 1.165) is 5.69 Å². The van der Waals surface area contributed by atoms with Crippen LogP contribution in [0.4, 0.5) is 5.82 Å². The highest BCUT2D eigenvalue weighted by atomic mass is 35.5. The summed E-state index contributed by atoms with van der Waals surface area (Å²) in [7, 11) is 1.75. The molecule has 0 aliphatic carbocycles. The number of nitrogens with zero attached hydrogens (tertiary/aromatic N) is 2. The molecule has 1 amide bonds. The molecule has 0 aliphatic rings. The first-order valence-electron chi connectivity index (χ1n) is 5.83. The van der Waals surface area contributed by atoms with Crippen LogP contribution in [0.3, 0.4) is 0 Å². The molecule has 1 N–H and O–H groups in total. The van der Waals surface area contributed by atoms with Gasteiger partial charge in [0.05, 0.1) is 5.69 Å². The molecule has 2 rings (SSSR count). The Bertz CT molecular complexity index is 620. The number of rotatable bonds is 4. The fourth-order valence-corrected chi connectivity index (χ4v) is 2.17. The lowest BCUT2D eigenvalue weighted by Crippen LogP contribution is -2.21. The van der Waals surface area contributed by atoms with Gasteiger partial charge in [-0.05, 0) is 25.1 Å². The molecule has 0 atom stereocenters. The molecule has 1 heterocycles. The zero-order valence-corrected chi connectivity index (χ0v) is 12.5. The number of carbonyl (C=O) groups is 1. The van der Waals surface area contributed by atoms with Crippen LogP contribution >= 0.6 is 23.2 Å². The first kappa shape index (κ1) is 14.7. The molecular weight excluding hydrogens is 301 g/mol. The monoisotopic (exact) mass is 313 g/mol. The first-order valence-corrected chi connectivity index (χ1v) is 6.59. The number of amides is 1. The van der Waals surface area contributed by atoms with Crippen molar-refractivity contribution in [1.82, 2.24) is 9.78 Å². The van der Waals surface area contributed by atoms with Crippen LogP contribution in [-0.2, 0) is 11.8 Å². The number of hydrogen-bond acceptors (Lipinski definition) is 3. The molecule has 0 saturated heterocycles. The van der Waals surface area contributed by atoms with Gasteiger partial charge in [0.25, 0.3) is 5.91 Å². The third-order valence-electron chi connectivity index (χ3n) is 2.48. The Morgan fingerprint density at radius 1 is 1.30 bits per heavy atom. The molecule has 5 nitrogen and oxygen atoms in total. The van der Waals surface area contributed by atoms with Gasteiger partial charge in [0, 0.05) is 23.2 Å². The van der Waals surface area contributed by atoms with E-state index in [9.17, 15) is 4.79 Å². The molecule has 0 saturated carbocycles. The number of hydrogen-bond donors (Lipinski definition) is 1. The second-order valence-corrected chi connectivity index (χ2v) is 5.11. The van der Waals surface area contributed by atoms with E-state index in [1.54, 1.807) is 36.0 Å². The van der Waals surface area contributed by atoms with Crippen molar-refractivity contribution in [2.45, 2.75) is 6.92 Å². The third-order valence-corrected chi connectivity index (χ3v) is 2.91. The summed E-state index contributed by atoms with van der Waals surface area (Å²) >= 11 is 11.7. The van der Waals surface area contributed by atoms with Gasteiger partial charge in [-0.3, -0.25) is 9.48 Å². The summed E-state index contributed by atoms with van der Waals surface area (Å²) in [5, 5.41) is 7.74. The molecule has 1 aromatic carbocycles. The second kappa shape index (κ2) is 6.15. The summed E-state index contributed by atoms with van der Waals surface area (Å²) in [6, 6.07) is 6.55. The fraction of sp³-hybridized carbons (Fsp3) is 0.231. The maximum Gasteiger partial charge on any atom is 0.263 e. The highest BCUT2D eigenvalue weighted by Gasteiger charge is 2.08. The summed E-state index contributed by atoms with van der Waals surface area (Å²) in [5.74, 6) is 0.767. The van der Waals surface area contributed by atoms with E-state index in [0.29, 0.717) is 21.6 Å². The van der Waals surface area contributed by atoms with Crippen molar-refractivity contribution in [3.05, 3.63) is 40.0 Å². The predicted molar refractivity (Wildman–Crippen MR) is 78.5 cm³/mol. The molecule has 0 fully saturated rings. The number of ether oxygens (including phenoxy) is 1. The van der Waals surface area contributed by atoms with E-state index in [1.807, 2.05) is 6.92 Å². The average molecular weight is 314 g/mol. The van der Waals surface area contributed by atoms with Gasteiger partial charge in [-0.15, -0.1) is 0 Å². The Balaban J connectivity index is 1.93. The highest BCUT2D eigenvalue weighted by molar-refractivity contribution is 6.34. The lowest BCUT2D eigenvalue weighted by Gasteiger charge is -2.08. The van der Waals surface area contributed by atoms with Gasteiger partial charge in [0.1, 0.15) is 11.6 Å². The van der Waals surface area contributed by atoms with Gasteiger partial charge < -0.3 is 10.1 Å². The topological polar surface area (TPSA) is 56.1 Å². The van der Waals surface area contributed by atoms with Gasteiger partial charge >= 0.3 is 0 Å². The van der Waals surface area contributed by atoms with Crippen molar-refractivity contribution >= 4 is 34.9 Å². The molecule has 7 heteroatoms. The lowest BCUT2D eigenvalue weighted by molar-refractivity contribution is -0.118. The van der Waals surface area contributed by atoms with E-state index in [-0.39, 0.29) is 12.5 Å². The van der Waals surface area contributed by atoms with Crippen LogP contribution < -0.4 is 10.1 Å². The third kappa shape index (κ3) is 3.88. The minimum Gasteiger partial charge on any atom is -0.484 e. The largest absolute Gasteiger partial charge is 0.484 e. The van der Waals surface area contributed by atoms with Crippen molar-refractivity contribution in [3.8, 4) is 5.75 Å². The van der Waals surface area contributed by atoms with Gasteiger partial charge in [-0.2, -0.15) is 5.10 Å². The maximum absolute atomic E-state index is 11.8. The smallest absolute Gasteiger partial charge is 0.263 e. The van der Waals surface area contributed by atoms with Crippen LogP contribution in [0.25, 0.3) is 0 Å². The van der Waals surface area contributed by atoms with Crippen LogP contribution in [0.2, 0.25) is 10.0 Å². The van der Waals surface area contributed by atoms with Crippen LogP contribution in [0.1, 0.15) is 5.69 Å². The van der Waals surface area contributed by atoms with Gasteiger partial charge in [0.15, 0.2) is 6.61 Å². The van der Waals surface area contributed by atoms with Crippen LogP contribution in [0.5, 0.6) is 5.75 Å². The molecule has 0 spiro atoms. The normalized spacial score (nSPS) is 10.4. The number of benzene rings is 1. The molecule has 0 unspecified atom stereocenters. The van der Waals surface area contributed by atoms with Crippen LogP contribution in [0, 0.1) is 6.92 Å². The number of halogens is 2. The standard InChI is InChI=1S/C13H13Cl2N3O2/c1-8-3-12(18(2)17-8)16-13(19)7-20-11-5-9(14)4-10(15)6-11/h3-6H,7H2,1-2H3,(H,16,19). The Morgan fingerprint density at radius 3 is 2.50 bits per heavy atom. The number of carbonyl (C=O) groups excluding carboxylic acids is 1. The Morgan fingerprint density at radius 2 is 1.95 bits per heavy atom. The molecule has 0 aliphatic heterocycles. The number of aryl methyl sites for hydroxylation is 2. The minimum absolute atomic E-state index is 0.138. The second-order valence-electron chi connectivity index (χ2n) is 4.24. The first-order chi connectivity index (χ1) is 9.44. The molecule has 1 aromatic heterocycles. The highest BCUT2D eigenvalue weighted by Crippen LogP contribution is 2.24. The molecule has 0 radical (unpaired) electrons.